The van der Waals surface area contributed by atoms with E-state index in [-0.39, 0.29) is 0 Å². The fraction of sp³-hybridized carbons (Fsp3) is 0.0233. The lowest BCUT2D eigenvalue weighted by Crippen LogP contribution is -2.29. The minimum absolute atomic E-state index is 0.506. The molecule has 1 heteroatoms. The minimum Gasteiger partial charge on any atom is -0.356 e. The zero-order valence-corrected chi connectivity index (χ0v) is 24.6. The van der Waals surface area contributed by atoms with Gasteiger partial charge in [-0.1, -0.05) is 153 Å². The number of hydrogen-bond donors (Lipinski definition) is 1. The molecule has 1 aliphatic rings. The first-order valence-electron chi connectivity index (χ1n) is 15.0. The van der Waals surface area contributed by atoms with Crippen molar-refractivity contribution in [2.75, 3.05) is 5.32 Å². The van der Waals surface area contributed by atoms with Gasteiger partial charge in [0, 0.05) is 11.4 Å². The van der Waals surface area contributed by atoms with Gasteiger partial charge in [0.1, 0.15) is 0 Å². The van der Waals surface area contributed by atoms with Crippen molar-refractivity contribution < 1.29 is 0 Å². The van der Waals surface area contributed by atoms with E-state index in [1.807, 2.05) is 12.2 Å². The third-order valence-corrected chi connectivity index (χ3v) is 8.68. The molecule has 0 fully saturated rings. The van der Waals surface area contributed by atoms with Crippen LogP contribution in [0.4, 0.5) is 11.4 Å². The Balaban J connectivity index is 1.27. The molecule has 0 aromatic heterocycles. The number of nitrogens with one attached hydrogen (secondary N) is 1. The quantitative estimate of drug-likeness (QED) is 0.182. The van der Waals surface area contributed by atoms with Gasteiger partial charge in [0.05, 0.1) is 5.41 Å². The minimum atomic E-state index is -0.506. The Morgan fingerprint density at radius 1 is 0.500 bits per heavy atom. The van der Waals surface area contributed by atoms with Crippen LogP contribution in [0.3, 0.4) is 0 Å². The van der Waals surface area contributed by atoms with Crippen LogP contribution < -0.4 is 5.32 Å². The predicted octanol–water partition coefficient (Wildman–Crippen LogP) is 11.4. The van der Waals surface area contributed by atoms with Crippen LogP contribution >= 0.6 is 0 Å². The number of anilines is 2. The van der Waals surface area contributed by atoms with Gasteiger partial charge in [-0.2, -0.15) is 0 Å². The second-order valence-corrected chi connectivity index (χ2v) is 11.1. The van der Waals surface area contributed by atoms with Gasteiger partial charge in [-0.15, -0.1) is 0 Å². The first-order chi connectivity index (χ1) is 21.7. The summed E-state index contributed by atoms with van der Waals surface area (Å²) in [6.45, 7) is 8.30. The molecule has 0 saturated carbocycles. The lowest BCUT2D eigenvalue weighted by molar-refractivity contribution is 0.768. The smallest absolute Gasteiger partial charge is 0.0714 e. The van der Waals surface area contributed by atoms with Crippen molar-refractivity contribution >= 4 is 11.4 Å². The van der Waals surface area contributed by atoms with E-state index in [0.29, 0.717) is 0 Å². The molecule has 1 N–H and O–H groups in total. The molecule has 44 heavy (non-hydrogen) atoms. The van der Waals surface area contributed by atoms with E-state index in [1.165, 1.54) is 50.1 Å². The van der Waals surface area contributed by atoms with Crippen LogP contribution in [0, 0.1) is 0 Å². The molecule has 0 heterocycles. The van der Waals surface area contributed by atoms with Gasteiger partial charge in [-0.05, 0) is 86.0 Å². The van der Waals surface area contributed by atoms with Crippen molar-refractivity contribution in [3.8, 4) is 33.4 Å². The summed E-state index contributed by atoms with van der Waals surface area (Å²) in [7, 11) is 0. The van der Waals surface area contributed by atoms with Gasteiger partial charge >= 0.3 is 0 Å². The van der Waals surface area contributed by atoms with Crippen molar-refractivity contribution in [3.05, 3.63) is 205 Å². The van der Waals surface area contributed by atoms with Crippen molar-refractivity contribution in [1.29, 1.82) is 0 Å². The lowest BCUT2D eigenvalue weighted by atomic mass is 9.67. The van der Waals surface area contributed by atoms with Gasteiger partial charge in [0.25, 0.3) is 0 Å². The number of benzene rings is 6. The normalized spacial score (nSPS) is 15.2. The Kier molecular flexibility index (Phi) is 7.14. The SMILES string of the molecule is C=C/C=C(\C=C)C1(c2ccccc2)c2ccccc2-c2ccc(Nc3ccc(-c4cccc(-c5ccccc5)c4)cc3)cc21. The fourth-order valence-electron chi connectivity index (χ4n) is 6.73. The zero-order chi connectivity index (χ0) is 29.9. The standard InChI is InChI=1S/C43H33N/c1-3-14-35(4-2)43(36-19-9-6-10-20-36)41-22-12-11-21-39(41)40-28-27-38(30-42(40)43)44-37-25-23-32(24-26-37)34-18-13-17-33(29-34)31-15-7-5-8-16-31/h3-30,44H,1-2H2/b35-14+. The first-order valence-corrected chi connectivity index (χ1v) is 15.0. The molecule has 0 aliphatic heterocycles. The van der Waals surface area contributed by atoms with Gasteiger partial charge in [-0.3, -0.25) is 0 Å². The number of rotatable bonds is 8. The molecular formula is C43H33N. The molecule has 6 aromatic carbocycles. The first kappa shape index (κ1) is 27.2. The molecule has 1 atom stereocenters. The third kappa shape index (κ3) is 4.60. The monoisotopic (exact) mass is 563 g/mol. The number of fused-ring (bicyclic) bond motifs is 3. The molecule has 0 bridgehead atoms. The highest BCUT2D eigenvalue weighted by Gasteiger charge is 2.46. The summed E-state index contributed by atoms with van der Waals surface area (Å²) in [5.41, 5.74) is 13.7. The van der Waals surface area contributed by atoms with E-state index in [1.54, 1.807) is 0 Å². The van der Waals surface area contributed by atoms with Crippen LogP contribution in [-0.2, 0) is 5.41 Å². The molecule has 7 rings (SSSR count). The van der Waals surface area contributed by atoms with E-state index in [0.717, 1.165) is 16.9 Å². The molecule has 0 radical (unpaired) electrons. The molecule has 6 aromatic rings. The van der Waals surface area contributed by atoms with E-state index in [9.17, 15) is 0 Å². The maximum Gasteiger partial charge on any atom is 0.0714 e. The summed E-state index contributed by atoms with van der Waals surface area (Å²) < 4.78 is 0. The summed E-state index contributed by atoms with van der Waals surface area (Å²) in [5.74, 6) is 0. The molecule has 0 saturated heterocycles. The third-order valence-electron chi connectivity index (χ3n) is 8.68. The highest BCUT2D eigenvalue weighted by atomic mass is 14.9. The molecular weight excluding hydrogens is 530 g/mol. The van der Waals surface area contributed by atoms with E-state index in [4.69, 9.17) is 0 Å². The molecule has 0 spiro atoms. The average molecular weight is 564 g/mol. The fourth-order valence-corrected chi connectivity index (χ4v) is 6.73. The van der Waals surface area contributed by atoms with E-state index in [2.05, 4.69) is 176 Å². The second-order valence-electron chi connectivity index (χ2n) is 11.1. The highest BCUT2D eigenvalue weighted by molar-refractivity contribution is 5.88. The van der Waals surface area contributed by atoms with E-state index < -0.39 is 5.41 Å². The van der Waals surface area contributed by atoms with Crippen molar-refractivity contribution in [2.45, 2.75) is 5.41 Å². The molecule has 1 nitrogen and oxygen atoms in total. The Bertz CT molecular complexity index is 2000. The molecule has 1 unspecified atom stereocenters. The maximum absolute atomic E-state index is 4.25. The van der Waals surface area contributed by atoms with Crippen molar-refractivity contribution in [1.82, 2.24) is 0 Å². The summed E-state index contributed by atoms with van der Waals surface area (Å²) in [6.07, 6.45) is 5.94. The Hall–Kier alpha value is -5.66. The molecule has 0 amide bonds. The van der Waals surface area contributed by atoms with Crippen LogP contribution in [0.1, 0.15) is 16.7 Å². The van der Waals surface area contributed by atoms with E-state index >= 15 is 0 Å². The Labute approximate surface area is 260 Å². The Morgan fingerprint density at radius 3 is 1.80 bits per heavy atom. The summed E-state index contributed by atoms with van der Waals surface area (Å²) in [6, 6.07) is 54.1. The van der Waals surface area contributed by atoms with Crippen LogP contribution in [0.5, 0.6) is 0 Å². The van der Waals surface area contributed by atoms with Crippen LogP contribution in [0.2, 0.25) is 0 Å². The van der Waals surface area contributed by atoms with Gasteiger partial charge < -0.3 is 5.32 Å². The largest absolute Gasteiger partial charge is 0.356 e. The topological polar surface area (TPSA) is 12.0 Å². The Morgan fingerprint density at radius 2 is 1.09 bits per heavy atom. The van der Waals surface area contributed by atoms with Crippen molar-refractivity contribution in [3.63, 3.8) is 0 Å². The molecule has 1 aliphatic carbocycles. The van der Waals surface area contributed by atoms with Gasteiger partial charge in [0.2, 0.25) is 0 Å². The predicted molar refractivity (Wildman–Crippen MR) is 187 cm³/mol. The van der Waals surface area contributed by atoms with Gasteiger partial charge in [0.15, 0.2) is 0 Å². The maximum atomic E-state index is 4.25. The zero-order valence-electron chi connectivity index (χ0n) is 24.6. The van der Waals surface area contributed by atoms with Crippen LogP contribution in [-0.4, -0.2) is 0 Å². The number of allylic oxidation sites excluding steroid dienone is 4. The summed E-state index contributed by atoms with van der Waals surface area (Å²) in [4.78, 5) is 0. The van der Waals surface area contributed by atoms with Crippen molar-refractivity contribution in [2.24, 2.45) is 0 Å². The molecule has 210 valence electrons. The highest BCUT2D eigenvalue weighted by Crippen LogP contribution is 2.57. The second kappa shape index (κ2) is 11.6. The summed E-state index contributed by atoms with van der Waals surface area (Å²) >= 11 is 0. The van der Waals surface area contributed by atoms with Crippen LogP contribution in [0.15, 0.2) is 189 Å². The van der Waals surface area contributed by atoms with Crippen LogP contribution in [0.25, 0.3) is 33.4 Å². The van der Waals surface area contributed by atoms with Gasteiger partial charge in [-0.25, -0.2) is 0 Å². The number of hydrogen-bond acceptors (Lipinski definition) is 1. The summed E-state index contributed by atoms with van der Waals surface area (Å²) in [5, 5.41) is 3.69. The average Bonchev–Trinajstić information content (AvgIpc) is 3.38. The lowest BCUT2D eigenvalue weighted by Gasteiger charge is -2.34.